The molecule has 2 unspecified atom stereocenters. The van der Waals surface area contributed by atoms with Crippen LogP contribution < -0.4 is 5.32 Å². The van der Waals surface area contributed by atoms with Crippen molar-refractivity contribution in [1.29, 1.82) is 0 Å². The van der Waals surface area contributed by atoms with Crippen LogP contribution >= 0.6 is 0 Å². The Morgan fingerprint density at radius 2 is 2.28 bits per heavy atom. The molecule has 1 aromatic carbocycles. The molecule has 1 aromatic rings. The van der Waals surface area contributed by atoms with Gasteiger partial charge in [0.05, 0.1) is 11.0 Å². The first-order valence-electron chi connectivity index (χ1n) is 6.24. The van der Waals surface area contributed by atoms with Gasteiger partial charge in [0.2, 0.25) is 0 Å². The van der Waals surface area contributed by atoms with Crippen LogP contribution in [-0.4, -0.2) is 22.7 Å². The normalized spacial score (nSPS) is 23.0. The van der Waals surface area contributed by atoms with Crippen molar-refractivity contribution in [2.45, 2.75) is 32.3 Å². The van der Waals surface area contributed by atoms with Crippen molar-refractivity contribution in [2.75, 3.05) is 11.9 Å². The Bertz CT molecular complexity index is 448. The smallest absolute Gasteiger partial charge is 0.292 e. The first-order chi connectivity index (χ1) is 8.58. The first-order valence-corrected chi connectivity index (χ1v) is 6.24. The number of anilines is 1. The molecule has 5 nitrogen and oxygen atoms in total. The van der Waals surface area contributed by atoms with Crippen molar-refractivity contribution < 1.29 is 10.0 Å². The average Bonchev–Trinajstić information content (AvgIpc) is 2.73. The largest absolute Gasteiger partial charge is 0.393 e. The Morgan fingerprint density at radius 3 is 2.89 bits per heavy atom. The number of benzene rings is 1. The van der Waals surface area contributed by atoms with Crippen molar-refractivity contribution in [3.05, 3.63) is 33.9 Å². The highest BCUT2D eigenvalue weighted by Gasteiger charge is 2.23. The van der Waals surface area contributed by atoms with E-state index in [0.717, 1.165) is 24.8 Å². The van der Waals surface area contributed by atoms with Crippen molar-refractivity contribution in [3.63, 3.8) is 0 Å². The van der Waals surface area contributed by atoms with Crippen LogP contribution in [-0.2, 0) is 0 Å². The number of aliphatic hydroxyl groups excluding tert-OH is 1. The molecule has 5 heteroatoms. The topological polar surface area (TPSA) is 75.4 Å². The zero-order valence-corrected chi connectivity index (χ0v) is 10.4. The van der Waals surface area contributed by atoms with E-state index in [4.69, 9.17) is 0 Å². The Kier molecular flexibility index (Phi) is 3.81. The summed E-state index contributed by atoms with van der Waals surface area (Å²) in [6.07, 6.45) is 2.39. The fourth-order valence-corrected chi connectivity index (χ4v) is 2.51. The van der Waals surface area contributed by atoms with Gasteiger partial charge in [-0.05, 0) is 37.7 Å². The summed E-state index contributed by atoms with van der Waals surface area (Å²) in [5.74, 6) is 0.402. The van der Waals surface area contributed by atoms with Crippen LogP contribution in [0.1, 0.15) is 24.8 Å². The number of nitrogens with one attached hydrogen (secondary N) is 1. The van der Waals surface area contributed by atoms with Gasteiger partial charge in [0.15, 0.2) is 0 Å². The summed E-state index contributed by atoms with van der Waals surface area (Å²) in [6.45, 7) is 2.54. The number of nitro groups is 1. The van der Waals surface area contributed by atoms with Gasteiger partial charge in [0.1, 0.15) is 5.69 Å². The highest BCUT2D eigenvalue weighted by atomic mass is 16.6. The highest BCUT2D eigenvalue weighted by molar-refractivity contribution is 5.65. The van der Waals surface area contributed by atoms with Crippen LogP contribution in [0.4, 0.5) is 11.4 Å². The predicted octanol–water partition coefficient (Wildman–Crippen LogP) is 2.48. The number of aliphatic hydroxyl groups is 1. The molecule has 2 atom stereocenters. The molecule has 2 rings (SSSR count). The lowest BCUT2D eigenvalue weighted by Gasteiger charge is -2.14. The van der Waals surface area contributed by atoms with E-state index in [-0.39, 0.29) is 16.7 Å². The van der Waals surface area contributed by atoms with Gasteiger partial charge in [-0.2, -0.15) is 0 Å². The van der Waals surface area contributed by atoms with Gasteiger partial charge < -0.3 is 10.4 Å². The minimum atomic E-state index is -0.362. The molecule has 18 heavy (non-hydrogen) atoms. The zero-order chi connectivity index (χ0) is 13.1. The summed E-state index contributed by atoms with van der Waals surface area (Å²) in [4.78, 5) is 10.6. The SMILES string of the molecule is Cc1cccc([N+](=O)[O-])c1NCC1CCC(O)C1. The molecular formula is C13H18N2O3. The average molecular weight is 250 g/mol. The van der Waals surface area contributed by atoms with Crippen molar-refractivity contribution in [3.8, 4) is 0 Å². The molecule has 1 saturated carbocycles. The van der Waals surface area contributed by atoms with Gasteiger partial charge in [0, 0.05) is 12.6 Å². The third kappa shape index (κ3) is 2.79. The number of nitrogens with zero attached hydrogens (tertiary/aromatic N) is 1. The van der Waals surface area contributed by atoms with E-state index in [1.165, 1.54) is 6.07 Å². The molecule has 98 valence electrons. The van der Waals surface area contributed by atoms with Gasteiger partial charge >= 0.3 is 0 Å². The van der Waals surface area contributed by atoms with Crippen LogP contribution in [0, 0.1) is 23.0 Å². The van der Waals surface area contributed by atoms with Gasteiger partial charge in [-0.1, -0.05) is 12.1 Å². The third-order valence-corrected chi connectivity index (χ3v) is 3.53. The molecule has 1 fully saturated rings. The summed E-state index contributed by atoms with van der Waals surface area (Å²) < 4.78 is 0. The van der Waals surface area contributed by atoms with Crippen LogP contribution in [0.25, 0.3) is 0 Å². The quantitative estimate of drug-likeness (QED) is 0.636. The third-order valence-electron chi connectivity index (χ3n) is 3.53. The van der Waals surface area contributed by atoms with Crippen molar-refractivity contribution in [1.82, 2.24) is 0 Å². The molecule has 0 radical (unpaired) electrons. The lowest BCUT2D eigenvalue weighted by molar-refractivity contribution is -0.384. The summed E-state index contributed by atoms with van der Waals surface area (Å²) in [5.41, 5.74) is 1.60. The van der Waals surface area contributed by atoms with E-state index in [9.17, 15) is 15.2 Å². The van der Waals surface area contributed by atoms with E-state index in [2.05, 4.69) is 5.32 Å². The molecule has 2 N–H and O–H groups in total. The van der Waals surface area contributed by atoms with Crippen LogP contribution in [0.3, 0.4) is 0 Å². The zero-order valence-electron chi connectivity index (χ0n) is 10.4. The van der Waals surface area contributed by atoms with Crippen LogP contribution in [0.2, 0.25) is 0 Å². The second-order valence-electron chi connectivity index (χ2n) is 4.94. The molecule has 0 spiro atoms. The second kappa shape index (κ2) is 5.35. The molecule has 0 aromatic heterocycles. The molecule has 0 heterocycles. The minimum Gasteiger partial charge on any atom is -0.393 e. The fraction of sp³-hybridized carbons (Fsp3) is 0.538. The highest BCUT2D eigenvalue weighted by Crippen LogP contribution is 2.30. The number of hydrogen-bond donors (Lipinski definition) is 2. The molecule has 1 aliphatic carbocycles. The molecule has 0 aliphatic heterocycles. The Hall–Kier alpha value is -1.62. The Labute approximate surface area is 106 Å². The molecule has 0 amide bonds. The summed E-state index contributed by atoms with van der Waals surface area (Å²) in [6, 6.07) is 5.07. The second-order valence-corrected chi connectivity index (χ2v) is 4.94. The monoisotopic (exact) mass is 250 g/mol. The van der Waals surface area contributed by atoms with Crippen molar-refractivity contribution >= 4 is 11.4 Å². The van der Waals surface area contributed by atoms with Gasteiger partial charge in [0.25, 0.3) is 5.69 Å². The summed E-state index contributed by atoms with van der Waals surface area (Å²) in [7, 11) is 0. The van der Waals surface area contributed by atoms with E-state index in [1.54, 1.807) is 6.07 Å². The number of rotatable bonds is 4. The van der Waals surface area contributed by atoms with E-state index < -0.39 is 0 Å². The first kappa shape index (κ1) is 12.8. The number of hydrogen-bond acceptors (Lipinski definition) is 4. The lowest BCUT2D eigenvalue weighted by Crippen LogP contribution is -2.14. The molecule has 1 aliphatic rings. The van der Waals surface area contributed by atoms with Gasteiger partial charge in [-0.25, -0.2) is 0 Å². The maximum Gasteiger partial charge on any atom is 0.292 e. The summed E-state index contributed by atoms with van der Waals surface area (Å²) in [5, 5.41) is 23.6. The molecular weight excluding hydrogens is 232 g/mol. The Balaban J connectivity index is 2.06. The number of aryl methyl sites for hydroxylation is 1. The maximum absolute atomic E-state index is 10.9. The number of para-hydroxylation sites is 1. The Morgan fingerprint density at radius 1 is 1.50 bits per heavy atom. The van der Waals surface area contributed by atoms with E-state index >= 15 is 0 Å². The van der Waals surface area contributed by atoms with Gasteiger partial charge in [-0.3, -0.25) is 10.1 Å². The molecule has 0 bridgehead atoms. The fourth-order valence-electron chi connectivity index (χ4n) is 2.51. The minimum absolute atomic E-state index is 0.119. The molecule has 0 saturated heterocycles. The standard InChI is InChI=1S/C13H18N2O3/c1-9-3-2-4-12(15(17)18)13(9)14-8-10-5-6-11(16)7-10/h2-4,10-11,14,16H,5-8H2,1H3. The van der Waals surface area contributed by atoms with Crippen molar-refractivity contribution in [2.24, 2.45) is 5.92 Å². The van der Waals surface area contributed by atoms with Crippen LogP contribution in [0.15, 0.2) is 18.2 Å². The van der Waals surface area contributed by atoms with E-state index in [0.29, 0.717) is 18.2 Å². The van der Waals surface area contributed by atoms with Gasteiger partial charge in [-0.15, -0.1) is 0 Å². The van der Waals surface area contributed by atoms with Crippen LogP contribution in [0.5, 0.6) is 0 Å². The predicted molar refractivity (Wildman–Crippen MR) is 69.7 cm³/mol. The van der Waals surface area contributed by atoms with E-state index in [1.807, 2.05) is 13.0 Å². The lowest BCUT2D eigenvalue weighted by atomic mass is 10.1. The maximum atomic E-state index is 10.9. The number of nitro benzene ring substituents is 1. The summed E-state index contributed by atoms with van der Waals surface area (Å²) >= 11 is 0.